The maximum Gasteiger partial charge on any atom is 0.325 e. The van der Waals surface area contributed by atoms with E-state index in [9.17, 15) is 9.59 Å². The Morgan fingerprint density at radius 1 is 1.69 bits per heavy atom. The van der Waals surface area contributed by atoms with E-state index >= 15 is 0 Å². The van der Waals surface area contributed by atoms with Crippen LogP contribution in [0.4, 0.5) is 4.79 Å². The average Bonchev–Trinajstić information content (AvgIpc) is 2.88. The number of urea groups is 1. The first-order valence-electron chi connectivity index (χ1n) is 4.96. The highest BCUT2D eigenvalue weighted by Gasteiger charge is 2.31. The van der Waals surface area contributed by atoms with Gasteiger partial charge in [-0.05, 0) is 12.1 Å². The molecule has 1 aromatic rings. The number of aromatic nitrogens is 1. The summed E-state index contributed by atoms with van der Waals surface area (Å²) in [5.74, 6) is -0.415. The van der Waals surface area contributed by atoms with Crippen molar-refractivity contribution in [1.29, 1.82) is 0 Å². The Hall–Kier alpha value is -1.98. The molecule has 2 N–H and O–H groups in total. The van der Waals surface area contributed by atoms with Crippen LogP contribution in [0.3, 0.4) is 0 Å². The summed E-state index contributed by atoms with van der Waals surface area (Å²) in [6.07, 6.45) is 1.80. The van der Waals surface area contributed by atoms with Gasteiger partial charge in [0.25, 0.3) is 0 Å². The van der Waals surface area contributed by atoms with Crippen molar-refractivity contribution in [3.05, 3.63) is 24.0 Å². The quantitative estimate of drug-likeness (QED) is 0.721. The van der Waals surface area contributed by atoms with Crippen LogP contribution >= 0.6 is 0 Å². The molecule has 1 unspecified atom stereocenters. The van der Waals surface area contributed by atoms with E-state index in [-0.39, 0.29) is 18.6 Å². The van der Waals surface area contributed by atoms with Crippen molar-refractivity contribution in [3.8, 4) is 0 Å². The molecule has 0 spiro atoms. The van der Waals surface area contributed by atoms with Gasteiger partial charge < -0.3 is 19.9 Å². The highest BCUT2D eigenvalue weighted by atomic mass is 16.5. The molecule has 0 radical (unpaired) electrons. The average molecular weight is 223 g/mol. The van der Waals surface area contributed by atoms with Crippen molar-refractivity contribution in [3.63, 3.8) is 0 Å². The number of esters is 1. The Morgan fingerprint density at radius 2 is 2.50 bits per heavy atom. The van der Waals surface area contributed by atoms with Crippen molar-refractivity contribution in [2.75, 3.05) is 20.2 Å². The lowest BCUT2D eigenvalue weighted by atomic mass is 10.2. The maximum absolute atomic E-state index is 11.5. The van der Waals surface area contributed by atoms with Gasteiger partial charge in [0.05, 0.1) is 13.2 Å². The first-order chi connectivity index (χ1) is 7.70. The van der Waals surface area contributed by atoms with Gasteiger partial charge in [-0.3, -0.25) is 4.79 Å². The minimum Gasteiger partial charge on any atom is -0.468 e. The highest BCUT2D eigenvalue weighted by Crippen LogP contribution is 2.18. The number of H-pyrrole nitrogens is 1. The SMILES string of the molecule is COC(=O)CN1CC(c2ccc[nH]2)NC1=O. The summed E-state index contributed by atoms with van der Waals surface area (Å²) in [5, 5.41) is 2.78. The van der Waals surface area contributed by atoms with E-state index in [1.54, 1.807) is 6.20 Å². The third-order valence-corrected chi connectivity index (χ3v) is 2.53. The molecule has 1 atom stereocenters. The van der Waals surface area contributed by atoms with Crippen molar-refractivity contribution >= 4 is 12.0 Å². The second-order valence-electron chi connectivity index (χ2n) is 3.58. The van der Waals surface area contributed by atoms with Crippen LogP contribution in [0.5, 0.6) is 0 Å². The summed E-state index contributed by atoms with van der Waals surface area (Å²) in [6.45, 7) is 0.452. The predicted molar refractivity (Wildman–Crippen MR) is 55.7 cm³/mol. The number of rotatable bonds is 3. The fraction of sp³-hybridized carbons (Fsp3) is 0.400. The molecule has 6 heteroatoms. The summed E-state index contributed by atoms with van der Waals surface area (Å²) in [6, 6.07) is 3.42. The smallest absolute Gasteiger partial charge is 0.325 e. The summed E-state index contributed by atoms with van der Waals surface area (Å²) in [7, 11) is 1.30. The van der Waals surface area contributed by atoms with E-state index in [4.69, 9.17) is 0 Å². The first-order valence-corrected chi connectivity index (χ1v) is 4.96. The number of amides is 2. The van der Waals surface area contributed by atoms with Gasteiger partial charge in [0, 0.05) is 18.4 Å². The van der Waals surface area contributed by atoms with Crippen LogP contribution in [0, 0.1) is 0 Å². The number of ether oxygens (including phenoxy) is 1. The van der Waals surface area contributed by atoms with Crippen LogP contribution in [0.15, 0.2) is 18.3 Å². The molecule has 0 aliphatic carbocycles. The van der Waals surface area contributed by atoms with Crippen molar-refractivity contribution in [1.82, 2.24) is 15.2 Å². The Bertz CT molecular complexity index is 388. The minimum atomic E-state index is -0.415. The second kappa shape index (κ2) is 4.26. The van der Waals surface area contributed by atoms with Gasteiger partial charge in [-0.25, -0.2) is 4.79 Å². The zero-order chi connectivity index (χ0) is 11.5. The lowest BCUT2D eigenvalue weighted by Gasteiger charge is -2.12. The van der Waals surface area contributed by atoms with Gasteiger partial charge in [-0.15, -0.1) is 0 Å². The molecule has 2 amide bonds. The Kier molecular flexibility index (Phi) is 2.80. The number of hydrogen-bond donors (Lipinski definition) is 2. The first kappa shape index (κ1) is 10.5. The molecule has 1 fully saturated rings. The van der Waals surface area contributed by atoms with E-state index in [1.165, 1.54) is 12.0 Å². The van der Waals surface area contributed by atoms with E-state index in [0.717, 1.165) is 5.69 Å². The molecule has 1 aliphatic heterocycles. The summed E-state index contributed by atoms with van der Waals surface area (Å²) < 4.78 is 4.52. The van der Waals surface area contributed by atoms with Crippen LogP contribution in [0.1, 0.15) is 11.7 Å². The Balaban J connectivity index is 1.99. The molecule has 86 valence electrons. The van der Waals surface area contributed by atoms with Crippen LogP contribution in [0.25, 0.3) is 0 Å². The normalized spacial score (nSPS) is 19.7. The number of nitrogens with zero attached hydrogens (tertiary/aromatic N) is 1. The molecule has 1 saturated heterocycles. The molecule has 2 heterocycles. The van der Waals surface area contributed by atoms with Gasteiger partial charge in [0.15, 0.2) is 0 Å². The zero-order valence-electron chi connectivity index (χ0n) is 8.90. The molecule has 16 heavy (non-hydrogen) atoms. The summed E-state index contributed by atoms with van der Waals surface area (Å²) >= 11 is 0. The molecular formula is C10H13N3O3. The van der Waals surface area contributed by atoms with Crippen molar-refractivity contribution in [2.24, 2.45) is 0 Å². The maximum atomic E-state index is 11.5. The van der Waals surface area contributed by atoms with Gasteiger partial charge >= 0.3 is 12.0 Å². The second-order valence-corrected chi connectivity index (χ2v) is 3.58. The lowest BCUT2D eigenvalue weighted by Crippen LogP contribution is -2.33. The molecule has 0 bridgehead atoms. The largest absolute Gasteiger partial charge is 0.468 e. The monoisotopic (exact) mass is 223 g/mol. The Morgan fingerprint density at radius 3 is 3.12 bits per heavy atom. The minimum absolute atomic E-state index is 0.0143. The van der Waals surface area contributed by atoms with Crippen LogP contribution < -0.4 is 5.32 Å². The topological polar surface area (TPSA) is 74.4 Å². The molecule has 1 aliphatic rings. The lowest BCUT2D eigenvalue weighted by molar-refractivity contribution is -0.141. The third kappa shape index (κ3) is 2.00. The van der Waals surface area contributed by atoms with Gasteiger partial charge in [-0.2, -0.15) is 0 Å². The van der Waals surface area contributed by atoms with Gasteiger partial charge in [0.1, 0.15) is 6.54 Å². The summed E-state index contributed by atoms with van der Waals surface area (Å²) in [4.78, 5) is 27.0. The highest BCUT2D eigenvalue weighted by molar-refractivity contribution is 5.82. The number of aromatic amines is 1. The van der Waals surface area contributed by atoms with Crippen molar-refractivity contribution < 1.29 is 14.3 Å². The molecule has 0 aromatic carbocycles. The van der Waals surface area contributed by atoms with E-state index < -0.39 is 5.97 Å². The molecule has 0 saturated carbocycles. The summed E-state index contributed by atoms with van der Waals surface area (Å²) in [5.41, 5.74) is 0.931. The standard InChI is InChI=1S/C10H13N3O3/c1-16-9(14)6-13-5-8(12-10(13)15)7-3-2-4-11-7/h2-4,8,11H,5-6H2,1H3,(H,12,15). The molecule has 2 rings (SSSR count). The van der Waals surface area contributed by atoms with Crippen LogP contribution in [-0.2, 0) is 9.53 Å². The molecule has 6 nitrogen and oxygen atoms in total. The van der Waals surface area contributed by atoms with Crippen LogP contribution in [0.2, 0.25) is 0 Å². The predicted octanol–water partition coefficient (Wildman–Crippen LogP) is 0.254. The number of carbonyl (C=O) groups excluding carboxylic acids is 2. The fourth-order valence-electron chi connectivity index (χ4n) is 1.68. The number of hydrogen-bond acceptors (Lipinski definition) is 3. The van der Waals surface area contributed by atoms with E-state index in [0.29, 0.717) is 6.54 Å². The fourth-order valence-corrected chi connectivity index (χ4v) is 1.68. The third-order valence-electron chi connectivity index (χ3n) is 2.53. The van der Waals surface area contributed by atoms with Gasteiger partial charge in [-0.1, -0.05) is 0 Å². The molecule has 1 aromatic heterocycles. The van der Waals surface area contributed by atoms with Crippen LogP contribution in [-0.4, -0.2) is 42.1 Å². The van der Waals surface area contributed by atoms with E-state index in [2.05, 4.69) is 15.0 Å². The Labute approximate surface area is 92.6 Å². The molecular weight excluding hydrogens is 210 g/mol. The number of carbonyl (C=O) groups is 2. The zero-order valence-corrected chi connectivity index (χ0v) is 8.90. The van der Waals surface area contributed by atoms with Gasteiger partial charge in [0.2, 0.25) is 0 Å². The van der Waals surface area contributed by atoms with E-state index in [1.807, 2.05) is 12.1 Å². The number of methoxy groups -OCH3 is 1. The van der Waals surface area contributed by atoms with Crippen molar-refractivity contribution in [2.45, 2.75) is 6.04 Å². The number of nitrogens with one attached hydrogen (secondary N) is 2.